The van der Waals surface area contributed by atoms with Gasteiger partial charge in [-0.15, -0.1) is 0 Å². The highest BCUT2D eigenvalue weighted by Gasteiger charge is 2.43. The lowest BCUT2D eigenvalue weighted by Gasteiger charge is -2.38. The third kappa shape index (κ3) is 7.69. The summed E-state index contributed by atoms with van der Waals surface area (Å²) in [6.45, 7) is 17.2. The number of likely N-dealkylation sites (tertiary alicyclic amines) is 1. The maximum Gasteiger partial charge on any atom is 0.410 e. The third-order valence-corrected chi connectivity index (χ3v) is 10.4. The smallest absolute Gasteiger partial charge is 0.410 e. The lowest BCUT2D eigenvalue weighted by atomic mass is 10.1. The maximum atomic E-state index is 12.5. The number of nitrogens with one attached hydrogen (secondary N) is 1. The molecule has 0 radical (unpaired) electrons. The molecule has 0 unspecified atom stereocenters. The molecule has 162 valence electrons. The molecule has 1 rings (SSSR count). The number of nitrogens with zero attached hydrogens (tertiary/aromatic N) is 1. The Morgan fingerprint density at radius 1 is 1.36 bits per heavy atom. The Morgan fingerprint density at radius 2 is 1.96 bits per heavy atom. The van der Waals surface area contributed by atoms with Crippen LogP contribution in [0.4, 0.5) is 4.79 Å². The molecular weight excluding hydrogens is 396 g/mol. The average Bonchev–Trinajstić information content (AvgIpc) is 2.90. The molecule has 0 aromatic heterocycles. The molecular formula is C19H36N2O5SSi. The van der Waals surface area contributed by atoms with E-state index in [-0.39, 0.29) is 30.3 Å². The average molecular weight is 433 g/mol. The fraction of sp³-hybridized carbons (Fsp3) is 0.737. The minimum atomic E-state index is -3.27. The van der Waals surface area contributed by atoms with Crippen LogP contribution in [-0.4, -0.2) is 65.8 Å². The van der Waals surface area contributed by atoms with E-state index < -0.39 is 24.4 Å². The van der Waals surface area contributed by atoms with Crippen molar-refractivity contribution < 1.29 is 22.4 Å². The first-order chi connectivity index (χ1) is 12.7. The van der Waals surface area contributed by atoms with E-state index in [0.29, 0.717) is 13.0 Å². The second kappa shape index (κ2) is 9.56. The normalized spacial score (nSPS) is 21.7. The minimum absolute atomic E-state index is 0.0738. The largest absolute Gasteiger partial charge is 0.445 e. The number of ether oxygens (including phenoxy) is 1. The van der Waals surface area contributed by atoms with Crippen molar-refractivity contribution in [2.24, 2.45) is 0 Å². The monoisotopic (exact) mass is 432 g/mol. The fourth-order valence-corrected chi connectivity index (χ4v) is 4.57. The lowest BCUT2D eigenvalue weighted by Crippen LogP contribution is -2.44. The Balaban J connectivity index is 2.96. The van der Waals surface area contributed by atoms with Crippen molar-refractivity contribution in [1.29, 1.82) is 0 Å². The second-order valence-corrected chi connectivity index (χ2v) is 15.5. The van der Waals surface area contributed by atoms with Crippen LogP contribution in [0.25, 0.3) is 0 Å². The van der Waals surface area contributed by atoms with Gasteiger partial charge < -0.3 is 9.16 Å². The highest BCUT2D eigenvalue weighted by Crippen LogP contribution is 2.39. The number of sulfonamides is 1. The topological polar surface area (TPSA) is 84.9 Å². The molecule has 9 heteroatoms. The van der Waals surface area contributed by atoms with Gasteiger partial charge in [0.25, 0.3) is 0 Å². The minimum Gasteiger partial charge on any atom is -0.445 e. The molecule has 1 fully saturated rings. The highest BCUT2D eigenvalue weighted by molar-refractivity contribution is 7.88. The van der Waals surface area contributed by atoms with E-state index in [0.717, 1.165) is 11.8 Å². The first-order valence-corrected chi connectivity index (χ1v) is 14.3. The summed E-state index contributed by atoms with van der Waals surface area (Å²) in [6, 6.07) is -0.201. The molecule has 1 N–H and O–H groups in total. The van der Waals surface area contributed by atoms with Gasteiger partial charge in [0.05, 0.1) is 18.4 Å². The number of amides is 1. The fourth-order valence-electron chi connectivity index (χ4n) is 2.72. The van der Waals surface area contributed by atoms with E-state index in [1.54, 1.807) is 4.90 Å². The van der Waals surface area contributed by atoms with Gasteiger partial charge in [0.2, 0.25) is 10.0 Å². The number of hydrogen-bond acceptors (Lipinski definition) is 5. The standard InChI is InChI=1S/C19H36N2O5SSi/c1-9-10-25-18(22)21-14-17(26-28(7,8)19(3,4)5)12-16(21)11-15(2)13-20-27(6,23)24/h9,11,16-17,20H,1,10,12-14H2,2-8H3/t16-,17-/m1/s1. The van der Waals surface area contributed by atoms with Crippen LogP contribution in [-0.2, 0) is 19.2 Å². The SMILES string of the molecule is C=CCOC(=O)N1C[C@H](O[Si](C)(C)C(C)(C)C)C[C@H]1C=C(C)CNS(C)(=O)=O. The summed E-state index contributed by atoms with van der Waals surface area (Å²) in [6.07, 6.45) is 4.75. The quantitative estimate of drug-likeness (QED) is 0.470. The van der Waals surface area contributed by atoms with Gasteiger partial charge in [0.15, 0.2) is 8.32 Å². The van der Waals surface area contributed by atoms with Crippen molar-refractivity contribution in [3.05, 3.63) is 24.3 Å². The van der Waals surface area contributed by atoms with Gasteiger partial charge in [0.1, 0.15) is 6.61 Å². The summed E-state index contributed by atoms with van der Waals surface area (Å²) in [5, 5.41) is 0.0738. The van der Waals surface area contributed by atoms with E-state index in [4.69, 9.17) is 9.16 Å². The van der Waals surface area contributed by atoms with Gasteiger partial charge in [-0.3, -0.25) is 4.90 Å². The van der Waals surface area contributed by atoms with E-state index in [1.165, 1.54) is 6.08 Å². The van der Waals surface area contributed by atoms with Crippen LogP contribution in [0.3, 0.4) is 0 Å². The molecule has 0 bridgehead atoms. The molecule has 1 saturated heterocycles. The molecule has 28 heavy (non-hydrogen) atoms. The van der Waals surface area contributed by atoms with Crippen molar-refractivity contribution in [3.63, 3.8) is 0 Å². The molecule has 0 aromatic carbocycles. The van der Waals surface area contributed by atoms with Crippen LogP contribution in [0.2, 0.25) is 18.1 Å². The van der Waals surface area contributed by atoms with Crippen molar-refractivity contribution in [1.82, 2.24) is 9.62 Å². The molecule has 7 nitrogen and oxygen atoms in total. The molecule has 2 atom stereocenters. The van der Waals surface area contributed by atoms with Gasteiger partial charge in [-0.1, -0.05) is 45.1 Å². The van der Waals surface area contributed by atoms with Crippen LogP contribution in [0.5, 0.6) is 0 Å². The number of rotatable bonds is 8. The van der Waals surface area contributed by atoms with Crippen molar-refractivity contribution in [2.75, 3.05) is 26.0 Å². The third-order valence-electron chi connectivity index (χ3n) is 5.22. The van der Waals surface area contributed by atoms with E-state index in [1.807, 2.05) is 13.0 Å². The Labute approximate surface area is 171 Å². The molecule has 1 aliphatic heterocycles. The van der Waals surface area contributed by atoms with E-state index >= 15 is 0 Å². The highest BCUT2D eigenvalue weighted by atomic mass is 32.2. The number of hydrogen-bond donors (Lipinski definition) is 1. The first kappa shape index (κ1) is 24.9. The van der Waals surface area contributed by atoms with Gasteiger partial charge in [-0.25, -0.2) is 17.9 Å². The predicted octanol–water partition coefficient (Wildman–Crippen LogP) is 3.27. The maximum absolute atomic E-state index is 12.5. The zero-order chi connectivity index (χ0) is 21.8. The summed E-state index contributed by atoms with van der Waals surface area (Å²) in [7, 11) is -5.25. The van der Waals surface area contributed by atoms with Gasteiger partial charge in [0, 0.05) is 13.1 Å². The van der Waals surface area contributed by atoms with Crippen molar-refractivity contribution in [2.45, 2.75) is 64.4 Å². The molecule has 0 aromatic rings. The van der Waals surface area contributed by atoms with Crippen LogP contribution >= 0.6 is 0 Å². The van der Waals surface area contributed by atoms with Crippen LogP contribution in [0.1, 0.15) is 34.1 Å². The Hall–Kier alpha value is -1.16. The Kier molecular flexibility index (Phi) is 8.49. The molecule has 0 saturated carbocycles. The molecule has 1 aliphatic rings. The van der Waals surface area contributed by atoms with Crippen LogP contribution in [0.15, 0.2) is 24.3 Å². The number of carbonyl (C=O) groups excluding carboxylic acids is 1. The zero-order valence-electron chi connectivity index (χ0n) is 18.2. The summed E-state index contributed by atoms with van der Waals surface area (Å²) in [4.78, 5) is 14.2. The molecule has 1 heterocycles. The number of carbonyl (C=O) groups is 1. The second-order valence-electron chi connectivity index (χ2n) is 8.93. The summed E-state index contributed by atoms with van der Waals surface area (Å²) in [5.41, 5.74) is 0.838. The Bertz CT molecular complexity index is 698. The van der Waals surface area contributed by atoms with Crippen LogP contribution < -0.4 is 4.72 Å². The molecule has 0 aliphatic carbocycles. The Morgan fingerprint density at radius 3 is 2.46 bits per heavy atom. The first-order valence-electron chi connectivity index (χ1n) is 9.50. The van der Waals surface area contributed by atoms with Gasteiger partial charge in [-0.2, -0.15) is 0 Å². The lowest BCUT2D eigenvalue weighted by molar-refractivity contribution is 0.108. The summed E-state index contributed by atoms with van der Waals surface area (Å²) in [5.74, 6) is 0. The summed E-state index contributed by atoms with van der Waals surface area (Å²) >= 11 is 0. The van der Waals surface area contributed by atoms with E-state index in [9.17, 15) is 13.2 Å². The zero-order valence-corrected chi connectivity index (χ0v) is 20.1. The van der Waals surface area contributed by atoms with Crippen molar-refractivity contribution in [3.8, 4) is 0 Å². The summed E-state index contributed by atoms with van der Waals surface area (Å²) < 4.78 is 36.8. The van der Waals surface area contributed by atoms with Crippen molar-refractivity contribution >= 4 is 24.4 Å². The van der Waals surface area contributed by atoms with Gasteiger partial charge in [-0.05, 0) is 31.5 Å². The predicted molar refractivity (Wildman–Crippen MR) is 115 cm³/mol. The van der Waals surface area contributed by atoms with E-state index in [2.05, 4.69) is 45.2 Å². The molecule has 1 amide bonds. The molecule has 0 spiro atoms. The van der Waals surface area contributed by atoms with Crippen LogP contribution in [0, 0.1) is 0 Å². The van der Waals surface area contributed by atoms with Gasteiger partial charge >= 0.3 is 6.09 Å².